The van der Waals surface area contributed by atoms with E-state index in [1.165, 1.54) is 16.0 Å². The van der Waals surface area contributed by atoms with E-state index in [9.17, 15) is 0 Å². The zero-order valence-electron chi connectivity index (χ0n) is 10.7. The van der Waals surface area contributed by atoms with Gasteiger partial charge in [0.05, 0.1) is 0 Å². The van der Waals surface area contributed by atoms with Crippen LogP contribution in [-0.4, -0.2) is 6.04 Å². The average molecular weight is 280 g/mol. The molecule has 0 saturated carbocycles. The predicted octanol–water partition coefficient (Wildman–Crippen LogP) is 4.43. The van der Waals surface area contributed by atoms with Crippen LogP contribution in [-0.2, 0) is 13.0 Å². The summed E-state index contributed by atoms with van der Waals surface area (Å²) in [6.07, 6.45) is 1.03. The SMILES string of the molecule is Cc1ccsc1CNC(C)Cc1ccc(Cl)cc1. The molecule has 0 amide bonds. The number of nitrogens with one attached hydrogen (secondary N) is 1. The quantitative estimate of drug-likeness (QED) is 0.854. The molecule has 0 aliphatic heterocycles. The minimum absolute atomic E-state index is 0.465. The van der Waals surface area contributed by atoms with Crippen LogP contribution in [0, 0.1) is 6.92 Å². The van der Waals surface area contributed by atoms with Crippen LogP contribution in [0.2, 0.25) is 5.02 Å². The van der Waals surface area contributed by atoms with Crippen LogP contribution in [0.1, 0.15) is 22.9 Å². The second kappa shape index (κ2) is 6.37. The Balaban J connectivity index is 1.83. The van der Waals surface area contributed by atoms with Crippen molar-refractivity contribution < 1.29 is 0 Å². The van der Waals surface area contributed by atoms with E-state index in [1.807, 2.05) is 23.5 Å². The molecule has 96 valence electrons. The minimum Gasteiger partial charge on any atom is -0.309 e. The molecule has 1 atom stereocenters. The number of thiophene rings is 1. The van der Waals surface area contributed by atoms with Crippen molar-refractivity contribution in [2.45, 2.75) is 32.9 Å². The summed E-state index contributed by atoms with van der Waals surface area (Å²) in [7, 11) is 0. The lowest BCUT2D eigenvalue weighted by Gasteiger charge is -2.13. The molecule has 1 aromatic heterocycles. The molecule has 1 unspecified atom stereocenters. The van der Waals surface area contributed by atoms with E-state index in [4.69, 9.17) is 11.6 Å². The average Bonchev–Trinajstić information content (AvgIpc) is 2.75. The van der Waals surface area contributed by atoms with Crippen molar-refractivity contribution in [3.05, 3.63) is 56.7 Å². The number of halogens is 1. The molecular weight excluding hydrogens is 262 g/mol. The molecule has 2 rings (SSSR count). The van der Waals surface area contributed by atoms with Gasteiger partial charge in [0.25, 0.3) is 0 Å². The smallest absolute Gasteiger partial charge is 0.0406 e. The van der Waals surface area contributed by atoms with Crippen molar-refractivity contribution >= 4 is 22.9 Å². The Morgan fingerprint density at radius 2 is 1.94 bits per heavy atom. The molecule has 0 fully saturated rings. The fraction of sp³-hybridized carbons (Fsp3) is 0.333. The van der Waals surface area contributed by atoms with E-state index in [2.05, 4.69) is 42.7 Å². The fourth-order valence-corrected chi connectivity index (χ4v) is 2.88. The second-order valence-corrected chi connectivity index (χ2v) is 6.08. The molecule has 1 aromatic carbocycles. The van der Waals surface area contributed by atoms with Crippen LogP contribution >= 0.6 is 22.9 Å². The van der Waals surface area contributed by atoms with E-state index in [1.54, 1.807) is 0 Å². The zero-order chi connectivity index (χ0) is 13.0. The van der Waals surface area contributed by atoms with Crippen LogP contribution in [0.3, 0.4) is 0 Å². The van der Waals surface area contributed by atoms with Gasteiger partial charge in [0.1, 0.15) is 0 Å². The summed E-state index contributed by atoms with van der Waals surface area (Å²) in [5.74, 6) is 0. The van der Waals surface area contributed by atoms with Crippen molar-refractivity contribution in [3.63, 3.8) is 0 Å². The normalized spacial score (nSPS) is 12.6. The van der Waals surface area contributed by atoms with Crippen LogP contribution in [0.5, 0.6) is 0 Å². The second-order valence-electron chi connectivity index (χ2n) is 4.64. The third-order valence-corrected chi connectivity index (χ3v) is 4.31. The topological polar surface area (TPSA) is 12.0 Å². The first kappa shape index (κ1) is 13.6. The maximum atomic E-state index is 5.88. The number of benzene rings is 1. The molecule has 1 N–H and O–H groups in total. The van der Waals surface area contributed by atoms with Gasteiger partial charge in [0.15, 0.2) is 0 Å². The maximum absolute atomic E-state index is 5.88. The molecule has 1 heterocycles. The van der Waals surface area contributed by atoms with Gasteiger partial charge in [0.2, 0.25) is 0 Å². The number of hydrogen-bond acceptors (Lipinski definition) is 2. The molecule has 0 saturated heterocycles. The van der Waals surface area contributed by atoms with Gasteiger partial charge in [-0.25, -0.2) is 0 Å². The zero-order valence-corrected chi connectivity index (χ0v) is 12.3. The van der Waals surface area contributed by atoms with Crippen LogP contribution in [0.15, 0.2) is 35.7 Å². The van der Waals surface area contributed by atoms with E-state index < -0.39 is 0 Å². The highest BCUT2D eigenvalue weighted by Gasteiger charge is 2.05. The molecule has 0 radical (unpaired) electrons. The van der Waals surface area contributed by atoms with Gasteiger partial charge in [-0.2, -0.15) is 0 Å². The van der Waals surface area contributed by atoms with Crippen LogP contribution < -0.4 is 5.32 Å². The third kappa shape index (κ3) is 3.84. The van der Waals surface area contributed by atoms with Crippen molar-refractivity contribution in [1.29, 1.82) is 0 Å². The summed E-state index contributed by atoms with van der Waals surface area (Å²) in [5.41, 5.74) is 2.70. The van der Waals surface area contributed by atoms with Crippen molar-refractivity contribution in [1.82, 2.24) is 5.32 Å². The molecule has 1 nitrogen and oxygen atoms in total. The van der Waals surface area contributed by atoms with Gasteiger partial charge in [0, 0.05) is 22.5 Å². The summed E-state index contributed by atoms with van der Waals surface area (Å²) in [6, 6.07) is 10.7. The Kier molecular flexibility index (Phi) is 4.81. The lowest BCUT2D eigenvalue weighted by atomic mass is 10.1. The first-order valence-corrected chi connectivity index (χ1v) is 7.41. The monoisotopic (exact) mass is 279 g/mol. The Labute approximate surface area is 118 Å². The van der Waals surface area contributed by atoms with Gasteiger partial charge in [-0.15, -0.1) is 11.3 Å². The van der Waals surface area contributed by atoms with Crippen molar-refractivity contribution in [3.8, 4) is 0 Å². The Morgan fingerprint density at radius 3 is 2.56 bits per heavy atom. The van der Waals surface area contributed by atoms with Gasteiger partial charge in [-0.1, -0.05) is 23.7 Å². The molecule has 2 aromatic rings. The lowest BCUT2D eigenvalue weighted by molar-refractivity contribution is 0.548. The molecule has 0 bridgehead atoms. The van der Waals surface area contributed by atoms with Gasteiger partial charge in [-0.3, -0.25) is 0 Å². The fourth-order valence-electron chi connectivity index (χ4n) is 1.90. The van der Waals surface area contributed by atoms with E-state index in [0.29, 0.717) is 6.04 Å². The standard InChI is InChI=1S/C15H18ClNS/c1-11-7-8-18-15(11)10-17-12(2)9-13-3-5-14(16)6-4-13/h3-8,12,17H,9-10H2,1-2H3. The van der Waals surface area contributed by atoms with E-state index in [0.717, 1.165) is 18.0 Å². The first-order valence-electron chi connectivity index (χ1n) is 6.16. The van der Waals surface area contributed by atoms with Gasteiger partial charge in [-0.05, 0) is 55.0 Å². The largest absolute Gasteiger partial charge is 0.309 e. The van der Waals surface area contributed by atoms with Crippen molar-refractivity contribution in [2.24, 2.45) is 0 Å². The number of hydrogen-bond donors (Lipinski definition) is 1. The van der Waals surface area contributed by atoms with Crippen LogP contribution in [0.4, 0.5) is 0 Å². The number of rotatable bonds is 5. The molecular formula is C15H18ClNS. The summed E-state index contributed by atoms with van der Waals surface area (Å²) < 4.78 is 0. The van der Waals surface area contributed by atoms with Crippen molar-refractivity contribution in [2.75, 3.05) is 0 Å². The Bertz CT molecular complexity index is 489. The minimum atomic E-state index is 0.465. The molecule has 18 heavy (non-hydrogen) atoms. The first-order chi connectivity index (χ1) is 8.65. The molecule has 3 heteroatoms. The highest BCUT2D eigenvalue weighted by molar-refractivity contribution is 7.10. The highest BCUT2D eigenvalue weighted by Crippen LogP contribution is 2.16. The highest BCUT2D eigenvalue weighted by atomic mass is 35.5. The van der Waals surface area contributed by atoms with E-state index >= 15 is 0 Å². The lowest BCUT2D eigenvalue weighted by Crippen LogP contribution is -2.27. The van der Waals surface area contributed by atoms with E-state index in [-0.39, 0.29) is 0 Å². The summed E-state index contributed by atoms with van der Waals surface area (Å²) in [4.78, 5) is 1.43. The molecule has 0 aliphatic rings. The predicted molar refractivity (Wildman–Crippen MR) is 80.5 cm³/mol. The maximum Gasteiger partial charge on any atom is 0.0406 e. The Morgan fingerprint density at radius 1 is 1.22 bits per heavy atom. The van der Waals surface area contributed by atoms with Crippen LogP contribution in [0.25, 0.3) is 0 Å². The third-order valence-electron chi connectivity index (χ3n) is 3.03. The number of aryl methyl sites for hydroxylation is 1. The van der Waals surface area contributed by atoms with Gasteiger partial charge >= 0.3 is 0 Å². The summed E-state index contributed by atoms with van der Waals surface area (Å²) in [6.45, 7) is 5.34. The molecule has 0 aliphatic carbocycles. The summed E-state index contributed by atoms with van der Waals surface area (Å²) in [5, 5.41) is 6.51. The summed E-state index contributed by atoms with van der Waals surface area (Å²) >= 11 is 7.70. The van der Waals surface area contributed by atoms with Gasteiger partial charge < -0.3 is 5.32 Å². The molecule has 0 spiro atoms. The Hall–Kier alpha value is -0.830.